The van der Waals surface area contributed by atoms with Gasteiger partial charge in [0.05, 0.1) is 25.5 Å². The van der Waals surface area contributed by atoms with E-state index in [4.69, 9.17) is 9.47 Å². The van der Waals surface area contributed by atoms with Crippen LogP contribution in [0.5, 0.6) is 5.75 Å². The molecule has 0 aliphatic carbocycles. The summed E-state index contributed by atoms with van der Waals surface area (Å²) in [6, 6.07) is 8.49. The predicted octanol–water partition coefficient (Wildman–Crippen LogP) is 3.50. The molecule has 34 heavy (non-hydrogen) atoms. The van der Waals surface area contributed by atoms with Crippen molar-refractivity contribution in [3.63, 3.8) is 0 Å². The Balaban J connectivity index is 2.11. The minimum atomic E-state index is -0.472. The second-order valence-electron chi connectivity index (χ2n) is 8.83. The van der Waals surface area contributed by atoms with Gasteiger partial charge in [0.1, 0.15) is 5.82 Å². The summed E-state index contributed by atoms with van der Waals surface area (Å²) >= 11 is 0. The number of aromatic hydroxyl groups is 1. The zero-order valence-electron chi connectivity index (χ0n) is 20.9. The summed E-state index contributed by atoms with van der Waals surface area (Å²) in [7, 11) is 3.21. The normalized spacial score (nSPS) is 12.2. The molecule has 1 amide bonds. The molecule has 0 aliphatic heterocycles. The fraction of sp³-hybridized carbons (Fsp3) is 0.423. The van der Waals surface area contributed by atoms with Crippen molar-refractivity contribution in [1.82, 2.24) is 20.6 Å². The summed E-state index contributed by atoms with van der Waals surface area (Å²) in [6.07, 6.45) is 5.77. The average Bonchev–Trinajstić information content (AvgIpc) is 2.80. The quantitative estimate of drug-likeness (QED) is 0.342. The molecule has 8 heteroatoms. The van der Waals surface area contributed by atoms with Crippen LogP contribution in [0.1, 0.15) is 53.9 Å². The van der Waals surface area contributed by atoms with Gasteiger partial charge in [0.15, 0.2) is 11.4 Å². The van der Waals surface area contributed by atoms with Gasteiger partial charge in [0, 0.05) is 20.8 Å². The van der Waals surface area contributed by atoms with E-state index in [9.17, 15) is 9.90 Å². The Kier molecular flexibility index (Phi) is 10.2. The molecule has 1 heterocycles. The van der Waals surface area contributed by atoms with Crippen LogP contribution in [0.3, 0.4) is 0 Å². The molecule has 1 aromatic carbocycles. The van der Waals surface area contributed by atoms with Gasteiger partial charge in [0.25, 0.3) is 5.91 Å². The summed E-state index contributed by atoms with van der Waals surface area (Å²) in [5.74, 6) is -0.299. The fourth-order valence-corrected chi connectivity index (χ4v) is 3.13. The third kappa shape index (κ3) is 7.97. The SMILES string of the molecule is COC/C=C(\C=C/NCc1nc(C)c(O)c(C(=O)NCCOC)n1)c1ccc(C(C)(C)C)cc1. The molecule has 0 radical (unpaired) electrons. The van der Waals surface area contributed by atoms with E-state index < -0.39 is 5.91 Å². The van der Waals surface area contributed by atoms with Crippen LogP contribution < -0.4 is 10.6 Å². The summed E-state index contributed by atoms with van der Waals surface area (Å²) in [5.41, 5.74) is 3.74. The van der Waals surface area contributed by atoms with Gasteiger partial charge in [-0.1, -0.05) is 51.1 Å². The van der Waals surface area contributed by atoms with Gasteiger partial charge in [-0.25, -0.2) is 9.97 Å². The Morgan fingerprint density at radius 3 is 2.44 bits per heavy atom. The van der Waals surface area contributed by atoms with Crippen LogP contribution in [0.4, 0.5) is 0 Å². The van der Waals surface area contributed by atoms with Crippen molar-refractivity contribution in [1.29, 1.82) is 0 Å². The van der Waals surface area contributed by atoms with Gasteiger partial charge in [-0.2, -0.15) is 0 Å². The van der Waals surface area contributed by atoms with E-state index in [2.05, 4.69) is 65.6 Å². The van der Waals surface area contributed by atoms with Crippen LogP contribution in [0.15, 0.2) is 42.6 Å². The number of rotatable bonds is 11. The first-order chi connectivity index (χ1) is 16.2. The summed E-state index contributed by atoms with van der Waals surface area (Å²) in [6.45, 7) is 9.67. The van der Waals surface area contributed by atoms with E-state index in [1.54, 1.807) is 21.1 Å². The Morgan fingerprint density at radius 2 is 1.82 bits per heavy atom. The topological polar surface area (TPSA) is 106 Å². The zero-order valence-corrected chi connectivity index (χ0v) is 20.9. The highest BCUT2D eigenvalue weighted by Gasteiger charge is 2.17. The van der Waals surface area contributed by atoms with Gasteiger partial charge < -0.3 is 25.2 Å². The number of nitrogens with one attached hydrogen (secondary N) is 2. The second-order valence-corrected chi connectivity index (χ2v) is 8.83. The minimum absolute atomic E-state index is 0.0519. The maximum absolute atomic E-state index is 12.3. The van der Waals surface area contributed by atoms with Crippen LogP contribution in [0, 0.1) is 6.92 Å². The third-order valence-corrected chi connectivity index (χ3v) is 5.11. The fourth-order valence-electron chi connectivity index (χ4n) is 3.13. The zero-order chi connectivity index (χ0) is 25.1. The van der Waals surface area contributed by atoms with Crippen molar-refractivity contribution < 1.29 is 19.4 Å². The van der Waals surface area contributed by atoms with Crippen molar-refractivity contribution in [3.8, 4) is 5.75 Å². The predicted molar refractivity (Wildman–Crippen MR) is 134 cm³/mol. The average molecular weight is 469 g/mol. The van der Waals surface area contributed by atoms with Crippen molar-refractivity contribution in [2.75, 3.05) is 34.0 Å². The number of carbonyl (C=O) groups is 1. The number of allylic oxidation sites excluding steroid dienone is 2. The number of hydrogen-bond acceptors (Lipinski definition) is 7. The molecule has 0 saturated heterocycles. The summed E-state index contributed by atoms with van der Waals surface area (Å²) < 4.78 is 10.1. The Morgan fingerprint density at radius 1 is 1.12 bits per heavy atom. The van der Waals surface area contributed by atoms with E-state index in [1.165, 1.54) is 5.56 Å². The van der Waals surface area contributed by atoms with Crippen LogP contribution in [0.25, 0.3) is 5.57 Å². The van der Waals surface area contributed by atoms with Gasteiger partial charge in [0.2, 0.25) is 0 Å². The number of aromatic nitrogens is 2. The molecule has 8 nitrogen and oxygen atoms in total. The van der Waals surface area contributed by atoms with E-state index in [0.29, 0.717) is 31.3 Å². The molecule has 0 unspecified atom stereocenters. The molecule has 1 aromatic heterocycles. The Labute approximate surface area is 202 Å². The number of amides is 1. The molecule has 2 aromatic rings. The van der Waals surface area contributed by atoms with Crippen molar-refractivity contribution in [2.45, 2.75) is 39.7 Å². The number of nitrogens with zero attached hydrogens (tertiary/aromatic N) is 2. The maximum Gasteiger partial charge on any atom is 0.273 e. The lowest BCUT2D eigenvalue weighted by molar-refractivity contribution is 0.0928. The molecule has 184 valence electrons. The highest BCUT2D eigenvalue weighted by molar-refractivity contribution is 5.95. The molecule has 0 spiro atoms. The van der Waals surface area contributed by atoms with Crippen LogP contribution >= 0.6 is 0 Å². The molecule has 3 N–H and O–H groups in total. The lowest BCUT2D eigenvalue weighted by Crippen LogP contribution is -2.28. The second kappa shape index (κ2) is 12.9. The highest BCUT2D eigenvalue weighted by atomic mass is 16.5. The molecule has 0 aliphatic rings. The maximum atomic E-state index is 12.3. The number of methoxy groups -OCH3 is 2. The van der Waals surface area contributed by atoms with E-state index in [0.717, 1.165) is 11.1 Å². The Bertz CT molecular complexity index is 1010. The number of carbonyl (C=O) groups excluding carboxylic acids is 1. The van der Waals surface area contributed by atoms with E-state index >= 15 is 0 Å². The van der Waals surface area contributed by atoms with Gasteiger partial charge in [-0.3, -0.25) is 4.79 Å². The monoisotopic (exact) mass is 468 g/mol. The van der Waals surface area contributed by atoms with Gasteiger partial charge >= 0.3 is 0 Å². The molecule has 0 fully saturated rings. The number of aryl methyl sites for hydroxylation is 1. The molecule has 0 bridgehead atoms. The molecule has 2 rings (SSSR count). The lowest BCUT2D eigenvalue weighted by Gasteiger charge is -2.19. The van der Waals surface area contributed by atoms with E-state index in [1.807, 2.05) is 18.4 Å². The molecular weight excluding hydrogens is 432 g/mol. The molecule has 0 saturated carbocycles. The van der Waals surface area contributed by atoms with Crippen molar-refractivity contribution in [2.24, 2.45) is 0 Å². The lowest BCUT2D eigenvalue weighted by atomic mass is 9.86. The molecule has 0 atom stereocenters. The van der Waals surface area contributed by atoms with Gasteiger partial charge in [-0.15, -0.1) is 0 Å². The van der Waals surface area contributed by atoms with Crippen molar-refractivity contribution >= 4 is 11.5 Å². The van der Waals surface area contributed by atoms with Gasteiger partial charge in [-0.05, 0) is 41.3 Å². The number of ether oxygens (including phenoxy) is 2. The van der Waals surface area contributed by atoms with Crippen molar-refractivity contribution in [3.05, 3.63) is 71.0 Å². The standard InChI is InChI=1S/C26H36N4O4/c1-18-24(31)23(25(32)28-14-16-34-6)30-22(29-18)17-27-13-11-20(12-15-33-5)19-7-9-21(10-8-19)26(2,3)4/h7-13,27,31H,14-17H2,1-6H3,(H,28,32)/b13-11-,20-12+. The first kappa shape index (κ1) is 27.0. The first-order valence-corrected chi connectivity index (χ1v) is 11.2. The number of benzene rings is 1. The van der Waals surface area contributed by atoms with Crippen LogP contribution in [0.2, 0.25) is 0 Å². The largest absolute Gasteiger partial charge is 0.504 e. The van der Waals surface area contributed by atoms with Crippen LogP contribution in [-0.2, 0) is 21.4 Å². The summed E-state index contributed by atoms with van der Waals surface area (Å²) in [5, 5.41) is 16.0. The Hall–Kier alpha value is -3.23. The minimum Gasteiger partial charge on any atom is -0.504 e. The van der Waals surface area contributed by atoms with Crippen LogP contribution in [-0.4, -0.2) is 55.0 Å². The third-order valence-electron chi connectivity index (χ3n) is 5.11. The summed E-state index contributed by atoms with van der Waals surface area (Å²) in [4.78, 5) is 20.8. The number of hydrogen-bond donors (Lipinski definition) is 3. The first-order valence-electron chi connectivity index (χ1n) is 11.2. The highest BCUT2D eigenvalue weighted by Crippen LogP contribution is 2.25. The molecular formula is C26H36N4O4. The van der Waals surface area contributed by atoms with E-state index in [-0.39, 0.29) is 23.4 Å². The smallest absolute Gasteiger partial charge is 0.273 e.